The molecule has 3 rings (SSSR count). The van der Waals surface area contributed by atoms with Crippen molar-refractivity contribution in [2.45, 2.75) is 39.5 Å². The number of nitrogens with zero attached hydrogens (tertiary/aromatic N) is 3. The lowest BCUT2D eigenvalue weighted by Crippen LogP contribution is -2.41. The van der Waals surface area contributed by atoms with Gasteiger partial charge in [-0.2, -0.15) is 5.10 Å². The predicted molar refractivity (Wildman–Crippen MR) is 146 cm³/mol. The highest BCUT2D eigenvalue weighted by Crippen LogP contribution is 2.27. The van der Waals surface area contributed by atoms with Crippen molar-refractivity contribution in [3.8, 4) is 11.4 Å². The minimum absolute atomic E-state index is 0.129. The fraction of sp³-hybridized carbons (Fsp3) is 0.393. The van der Waals surface area contributed by atoms with E-state index in [2.05, 4.69) is 31.4 Å². The lowest BCUT2D eigenvalue weighted by Gasteiger charge is -2.23. The van der Waals surface area contributed by atoms with Crippen LogP contribution in [-0.4, -0.2) is 60.5 Å². The molecule has 0 aliphatic rings. The summed E-state index contributed by atoms with van der Waals surface area (Å²) in [6.45, 7) is 8.92. The number of methoxy groups -OCH3 is 2. The molecule has 3 aromatic rings. The van der Waals surface area contributed by atoms with Crippen molar-refractivity contribution in [1.82, 2.24) is 14.7 Å². The van der Waals surface area contributed by atoms with Crippen molar-refractivity contribution in [1.29, 1.82) is 0 Å². The highest BCUT2D eigenvalue weighted by atomic mass is 16.5. The Morgan fingerprint density at radius 2 is 1.73 bits per heavy atom. The van der Waals surface area contributed by atoms with E-state index in [0.717, 1.165) is 16.9 Å². The number of carbonyl (C=O) groups excluding carboxylic acids is 2. The molecule has 0 atom stereocenters. The summed E-state index contributed by atoms with van der Waals surface area (Å²) < 4.78 is 12.1. The third kappa shape index (κ3) is 7.57. The smallest absolute Gasteiger partial charge is 0.322 e. The van der Waals surface area contributed by atoms with Crippen LogP contribution in [0.15, 0.2) is 54.6 Å². The van der Waals surface area contributed by atoms with Crippen molar-refractivity contribution in [3.63, 3.8) is 0 Å². The van der Waals surface area contributed by atoms with Crippen molar-refractivity contribution in [2.75, 3.05) is 44.5 Å². The lowest BCUT2D eigenvalue weighted by molar-refractivity contribution is -0.116. The molecule has 2 aromatic carbocycles. The Morgan fingerprint density at radius 1 is 1.03 bits per heavy atom. The number of carbonyl (C=O) groups is 2. The molecule has 9 nitrogen and oxygen atoms in total. The summed E-state index contributed by atoms with van der Waals surface area (Å²) in [5.41, 5.74) is 3.15. The largest absolute Gasteiger partial charge is 0.497 e. The number of hydrogen-bond acceptors (Lipinski definition) is 5. The molecule has 2 N–H and O–H groups in total. The van der Waals surface area contributed by atoms with Gasteiger partial charge in [-0.25, -0.2) is 9.48 Å². The second kappa shape index (κ2) is 12.4. The van der Waals surface area contributed by atoms with Gasteiger partial charge in [-0.1, -0.05) is 39.0 Å². The zero-order chi connectivity index (χ0) is 27.0. The normalized spacial score (nSPS) is 11.2. The van der Waals surface area contributed by atoms with Gasteiger partial charge in [0, 0.05) is 37.4 Å². The Bertz CT molecular complexity index is 1200. The van der Waals surface area contributed by atoms with Crippen LogP contribution in [0.5, 0.6) is 5.75 Å². The monoisotopic (exact) mass is 507 g/mol. The van der Waals surface area contributed by atoms with E-state index in [-0.39, 0.29) is 23.9 Å². The molecule has 0 unspecified atom stereocenters. The molecule has 1 aromatic heterocycles. The number of anilines is 2. The maximum Gasteiger partial charge on any atom is 0.322 e. The Balaban J connectivity index is 1.80. The maximum absolute atomic E-state index is 13.2. The zero-order valence-electron chi connectivity index (χ0n) is 22.5. The van der Waals surface area contributed by atoms with Crippen LogP contribution in [-0.2, 0) is 14.9 Å². The Morgan fingerprint density at radius 3 is 2.35 bits per heavy atom. The molecule has 0 fully saturated rings. The highest BCUT2D eigenvalue weighted by Gasteiger charge is 2.23. The number of ether oxygens (including phenoxy) is 2. The summed E-state index contributed by atoms with van der Waals surface area (Å²) in [6.07, 6.45) is 0.592. The van der Waals surface area contributed by atoms with Crippen LogP contribution in [0.25, 0.3) is 5.69 Å². The van der Waals surface area contributed by atoms with Crippen LogP contribution >= 0.6 is 0 Å². The predicted octanol–water partition coefficient (Wildman–Crippen LogP) is 5.00. The second-order valence-corrected chi connectivity index (χ2v) is 9.84. The maximum atomic E-state index is 13.2. The number of aryl methyl sites for hydroxylation is 1. The van der Waals surface area contributed by atoms with Gasteiger partial charge in [0.05, 0.1) is 18.5 Å². The number of hydrogen-bond donors (Lipinski definition) is 2. The number of para-hydroxylation sites is 1. The molecule has 0 aliphatic carbocycles. The first-order chi connectivity index (χ1) is 17.6. The van der Waals surface area contributed by atoms with Gasteiger partial charge < -0.3 is 25.0 Å². The molecule has 0 saturated heterocycles. The minimum atomic E-state index is -0.376. The average molecular weight is 508 g/mol. The number of urea groups is 1. The van der Waals surface area contributed by atoms with E-state index in [1.807, 2.05) is 37.3 Å². The van der Waals surface area contributed by atoms with E-state index in [1.54, 1.807) is 43.2 Å². The number of aromatic nitrogens is 2. The van der Waals surface area contributed by atoms with E-state index in [1.165, 1.54) is 4.90 Å². The van der Waals surface area contributed by atoms with Gasteiger partial charge in [0.1, 0.15) is 18.1 Å². The minimum Gasteiger partial charge on any atom is -0.497 e. The van der Waals surface area contributed by atoms with Crippen LogP contribution in [0.3, 0.4) is 0 Å². The highest BCUT2D eigenvalue weighted by molar-refractivity contribution is 5.96. The molecule has 0 bridgehead atoms. The van der Waals surface area contributed by atoms with Gasteiger partial charge in [-0.3, -0.25) is 4.79 Å². The molecule has 37 heavy (non-hydrogen) atoms. The number of nitrogens with one attached hydrogen (secondary N) is 2. The molecule has 0 saturated carbocycles. The molecular formula is C28H37N5O4. The Hall–Kier alpha value is -3.85. The van der Waals surface area contributed by atoms with Crippen molar-refractivity contribution in [2.24, 2.45) is 0 Å². The van der Waals surface area contributed by atoms with Crippen molar-refractivity contribution < 1.29 is 19.1 Å². The summed E-state index contributed by atoms with van der Waals surface area (Å²) >= 11 is 0. The van der Waals surface area contributed by atoms with Crippen LogP contribution < -0.4 is 15.4 Å². The van der Waals surface area contributed by atoms with Crippen molar-refractivity contribution >= 4 is 23.4 Å². The molecule has 0 spiro atoms. The second-order valence-electron chi connectivity index (χ2n) is 9.84. The number of benzene rings is 2. The summed E-state index contributed by atoms with van der Waals surface area (Å²) in [5.74, 6) is 0.920. The lowest BCUT2D eigenvalue weighted by atomic mass is 9.92. The van der Waals surface area contributed by atoms with Gasteiger partial charge in [-0.05, 0) is 49.2 Å². The van der Waals surface area contributed by atoms with Crippen molar-refractivity contribution in [3.05, 3.63) is 65.9 Å². The number of amides is 3. The molecule has 3 amide bonds. The summed E-state index contributed by atoms with van der Waals surface area (Å²) in [7, 11) is 3.19. The Labute approximate surface area is 218 Å². The van der Waals surface area contributed by atoms with Gasteiger partial charge in [0.2, 0.25) is 5.91 Å². The average Bonchev–Trinajstić information content (AvgIpc) is 3.28. The summed E-state index contributed by atoms with van der Waals surface area (Å²) in [5, 5.41) is 10.6. The summed E-state index contributed by atoms with van der Waals surface area (Å²) in [6, 6.07) is 16.4. The van der Waals surface area contributed by atoms with Gasteiger partial charge in [0.15, 0.2) is 0 Å². The van der Waals surface area contributed by atoms with E-state index in [0.29, 0.717) is 36.8 Å². The quantitative estimate of drug-likeness (QED) is 0.377. The van der Waals surface area contributed by atoms with Crippen LogP contribution in [0, 0.1) is 6.92 Å². The molecule has 1 heterocycles. The van der Waals surface area contributed by atoms with Crippen LogP contribution in [0.4, 0.5) is 16.3 Å². The summed E-state index contributed by atoms with van der Waals surface area (Å²) in [4.78, 5) is 27.7. The first-order valence-electron chi connectivity index (χ1n) is 12.3. The van der Waals surface area contributed by atoms with E-state index >= 15 is 0 Å². The van der Waals surface area contributed by atoms with E-state index in [9.17, 15) is 9.59 Å². The van der Waals surface area contributed by atoms with Crippen LogP contribution in [0.2, 0.25) is 0 Å². The van der Waals surface area contributed by atoms with Gasteiger partial charge in [0.25, 0.3) is 0 Å². The third-order valence-electron chi connectivity index (χ3n) is 5.83. The van der Waals surface area contributed by atoms with E-state index in [4.69, 9.17) is 14.6 Å². The third-order valence-corrected chi connectivity index (χ3v) is 5.83. The first-order valence-corrected chi connectivity index (χ1v) is 12.3. The van der Waals surface area contributed by atoms with E-state index < -0.39 is 0 Å². The first kappa shape index (κ1) is 27.7. The fourth-order valence-corrected chi connectivity index (χ4v) is 3.71. The standard InChI is InChI=1S/C28H37N5O4/c1-20-10-7-8-11-23(20)33-25(18-24(31-33)28(2,3)4)30-26(34)19-32(16-9-17-36-5)27(35)29-21-12-14-22(37-6)15-13-21/h7-8,10-15,18H,9,16-17,19H2,1-6H3,(H,29,35)(H,30,34). The van der Waals surface area contributed by atoms with Gasteiger partial charge in [-0.15, -0.1) is 0 Å². The fourth-order valence-electron chi connectivity index (χ4n) is 3.71. The molecular weight excluding hydrogens is 470 g/mol. The topological polar surface area (TPSA) is 97.7 Å². The van der Waals surface area contributed by atoms with Gasteiger partial charge >= 0.3 is 6.03 Å². The SMILES string of the molecule is COCCCN(CC(=O)Nc1cc(C(C)(C)C)nn1-c1ccccc1C)C(=O)Nc1ccc(OC)cc1. The molecule has 0 radical (unpaired) electrons. The molecule has 9 heteroatoms. The molecule has 0 aliphatic heterocycles. The Kier molecular flexibility index (Phi) is 9.30. The zero-order valence-corrected chi connectivity index (χ0v) is 22.5. The van der Waals surface area contributed by atoms with Crippen LogP contribution in [0.1, 0.15) is 38.4 Å². The molecule has 198 valence electrons. The number of rotatable bonds is 10.